The van der Waals surface area contributed by atoms with Crippen molar-refractivity contribution in [3.8, 4) is 22.3 Å². The molecule has 0 unspecified atom stereocenters. The maximum atomic E-state index is 4.92. The SMILES string of the molecule is Cc1ccccc1-c1ccc(-c2cn3c4ccccc4nc3c3ccccc23)cc1C. The minimum atomic E-state index is 1.01. The van der Waals surface area contributed by atoms with E-state index in [1.54, 1.807) is 0 Å². The Morgan fingerprint density at radius 3 is 2.16 bits per heavy atom. The molecule has 148 valence electrons. The smallest absolute Gasteiger partial charge is 0.145 e. The standard InChI is InChI=1S/C29H22N2/c1-19-9-3-4-10-22(19)23-16-15-21(17-20(23)2)26-18-31-28-14-8-7-13-27(28)30-29(31)25-12-6-5-11-24(25)26/h3-18H,1-2H3. The highest BCUT2D eigenvalue weighted by Crippen LogP contribution is 2.35. The average Bonchev–Trinajstić information content (AvgIpc) is 3.18. The Labute approximate surface area is 181 Å². The second-order valence-electron chi connectivity index (χ2n) is 8.23. The quantitative estimate of drug-likeness (QED) is 0.294. The minimum absolute atomic E-state index is 1.01. The molecular formula is C29H22N2. The van der Waals surface area contributed by atoms with E-state index in [0.717, 1.165) is 16.7 Å². The molecule has 2 heterocycles. The molecule has 4 aromatic carbocycles. The Bertz CT molecular complexity index is 1600. The summed E-state index contributed by atoms with van der Waals surface area (Å²) < 4.78 is 2.23. The number of benzene rings is 4. The third-order valence-corrected chi connectivity index (χ3v) is 6.28. The molecule has 2 aromatic heterocycles. The molecule has 2 heteroatoms. The first-order valence-corrected chi connectivity index (χ1v) is 10.7. The van der Waals surface area contributed by atoms with E-state index in [1.165, 1.54) is 44.2 Å². The van der Waals surface area contributed by atoms with Crippen LogP contribution in [-0.2, 0) is 0 Å². The Morgan fingerprint density at radius 2 is 1.32 bits per heavy atom. The van der Waals surface area contributed by atoms with E-state index < -0.39 is 0 Å². The van der Waals surface area contributed by atoms with E-state index in [9.17, 15) is 0 Å². The minimum Gasteiger partial charge on any atom is -0.298 e. The first kappa shape index (κ1) is 17.9. The summed E-state index contributed by atoms with van der Waals surface area (Å²) in [5.74, 6) is 0. The van der Waals surface area contributed by atoms with E-state index in [0.29, 0.717) is 0 Å². The lowest BCUT2D eigenvalue weighted by Crippen LogP contribution is -1.92. The van der Waals surface area contributed by atoms with E-state index >= 15 is 0 Å². The third-order valence-electron chi connectivity index (χ3n) is 6.28. The molecule has 0 fully saturated rings. The Balaban J connectivity index is 1.63. The van der Waals surface area contributed by atoms with Crippen LogP contribution in [0.15, 0.2) is 97.2 Å². The normalized spacial score (nSPS) is 11.5. The number of rotatable bonds is 2. The van der Waals surface area contributed by atoms with Gasteiger partial charge in [-0.3, -0.25) is 4.40 Å². The number of imidazole rings is 1. The highest BCUT2D eigenvalue weighted by atomic mass is 15.0. The van der Waals surface area contributed by atoms with Gasteiger partial charge in [-0.15, -0.1) is 0 Å². The summed E-state index contributed by atoms with van der Waals surface area (Å²) in [7, 11) is 0. The van der Waals surface area contributed by atoms with Crippen LogP contribution >= 0.6 is 0 Å². The summed E-state index contributed by atoms with van der Waals surface area (Å²) in [4.78, 5) is 4.92. The molecule has 31 heavy (non-hydrogen) atoms. The van der Waals surface area contributed by atoms with E-state index in [-0.39, 0.29) is 0 Å². The van der Waals surface area contributed by atoms with Gasteiger partial charge < -0.3 is 0 Å². The van der Waals surface area contributed by atoms with Crippen molar-refractivity contribution >= 4 is 27.5 Å². The van der Waals surface area contributed by atoms with Crippen LogP contribution < -0.4 is 0 Å². The first-order chi connectivity index (χ1) is 15.2. The third kappa shape index (κ3) is 2.76. The second kappa shape index (κ2) is 6.82. The summed E-state index contributed by atoms with van der Waals surface area (Å²) in [5, 5.41) is 2.41. The van der Waals surface area contributed by atoms with Crippen molar-refractivity contribution in [2.24, 2.45) is 0 Å². The largest absolute Gasteiger partial charge is 0.298 e. The highest BCUT2D eigenvalue weighted by Gasteiger charge is 2.14. The van der Waals surface area contributed by atoms with Gasteiger partial charge in [-0.05, 0) is 59.2 Å². The van der Waals surface area contributed by atoms with E-state index in [2.05, 4.69) is 109 Å². The molecule has 0 bridgehead atoms. The van der Waals surface area contributed by atoms with Gasteiger partial charge in [0.1, 0.15) is 5.65 Å². The second-order valence-corrected chi connectivity index (χ2v) is 8.23. The summed E-state index contributed by atoms with van der Waals surface area (Å²) in [6.45, 7) is 4.38. The topological polar surface area (TPSA) is 17.3 Å². The lowest BCUT2D eigenvalue weighted by Gasteiger charge is -2.14. The zero-order valence-electron chi connectivity index (χ0n) is 17.6. The first-order valence-electron chi connectivity index (χ1n) is 10.7. The van der Waals surface area contributed by atoms with Crippen molar-refractivity contribution in [3.63, 3.8) is 0 Å². The maximum Gasteiger partial charge on any atom is 0.145 e. The van der Waals surface area contributed by atoms with Crippen LogP contribution in [0.2, 0.25) is 0 Å². The van der Waals surface area contributed by atoms with Gasteiger partial charge in [0.25, 0.3) is 0 Å². The predicted molar refractivity (Wildman–Crippen MR) is 131 cm³/mol. The van der Waals surface area contributed by atoms with Crippen molar-refractivity contribution in [2.45, 2.75) is 13.8 Å². The van der Waals surface area contributed by atoms with Gasteiger partial charge in [0.15, 0.2) is 0 Å². The lowest BCUT2D eigenvalue weighted by atomic mass is 9.92. The molecule has 0 aliphatic rings. The van der Waals surface area contributed by atoms with Crippen molar-refractivity contribution < 1.29 is 0 Å². The zero-order chi connectivity index (χ0) is 20.9. The Hall–Kier alpha value is -3.91. The maximum absolute atomic E-state index is 4.92. The van der Waals surface area contributed by atoms with Crippen LogP contribution in [0.5, 0.6) is 0 Å². The number of aromatic nitrogens is 2. The van der Waals surface area contributed by atoms with Gasteiger partial charge in [-0.2, -0.15) is 0 Å². The number of hydrogen-bond donors (Lipinski definition) is 0. The summed E-state index contributed by atoms with van der Waals surface area (Å²) in [5.41, 5.74) is 10.8. The molecule has 0 aliphatic carbocycles. The molecule has 0 aliphatic heterocycles. The van der Waals surface area contributed by atoms with Crippen molar-refractivity contribution in [3.05, 3.63) is 108 Å². The van der Waals surface area contributed by atoms with Gasteiger partial charge in [-0.1, -0.05) is 78.9 Å². The Morgan fingerprint density at radius 1 is 0.613 bits per heavy atom. The zero-order valence-corrected chi connectivity index (χ0v) is 17.6. The summed E-state index contributed by atoms with van der Waals surface area (Å²) >= 11 is 0. The lowest BCUT2D eigenvalue weighted by molar-refractivity contribution is 1.25. The number of pyridine rings is 1. The van der Waals surface area contributed by atoms with Crippen molar-refractivity contribution in [2.75, 3.05) is 0 Å². The number of para-hydroxylation sites is 2. The molecule has 0 atom stereocenters. The average molecular weight is 399 g/mol. The van der Waals surface area contributed by atoms with Gasteiger partial charge in [-0.25, -0.2) is 4.98 Å². The molecule has 0 amide bonds. The van der Waals surface area contributed by atoms with Crippen LogP contribution in [0.4, 0.5) is 0 Å². The molecule has 0 spiro atoms. The number of hydrogen-bond acceptors (Lipinski definition) is 1. The predicted octanol–water partition coefficient (Wildman–Crippen LogP) is 7.59. The Kier molecular flexibility index (Phi) is 3.94. The summed E-state index contributed by atoms with van der Waals surface area (Å²) in [6, 6.07) is 32.3. The molecule has 0 saturated heterocycles. The van der Waals surface area contributed by atoms with E-state index in [1.807, 2.05) is 6.07 Å². The van der Waals surface area contributed by atoms with E-state index in [4.69, 9.17) is 4.98 Å². The molecular weight excluding hydrogens is 376 g/mol. The molecule has 0 N–H and O–H groups in total. The fourth-order valence-electron chi connectivity index (χ4n) is 4.72. The van der Waals surface area contributed by atoms with Crippen molar-refractivity contribution in [1.29, 1.82) is 0 Å². The van der Waals surface area contributed by atoms with Gasteiger partial charge in [0.2, 0.25) is 0 Å². The van der Waals surface area contributed by atoms with Crippen LogP contribution in [0, 0.1) is 13.8 Å². The molecule has 6 rings (SSSR count). The highest BCUT2D eigenvalue weighted by molar-refractivity contribution is 6.05. The van der Waals surface area contributed by atoms with Crippen LogP contribution in [0.1, 0.15) is 11.1 Å². The van der Waals surface area contributed by atoms with Gasteiger partial charge >= 0.3 is 0 Å². The number of aryl methyl sites for hydroxylation is 2. The van der Waals surface area contributed by atoms with Crippen LogP contribution in [0.25, 0.3) is 49.7 Å². The van der Waals surface area contributed by atoms with Crippen LogP contribution in [0.3, 0.4) is 0 Å². The number of nitrogens with zero attached hydrogens (tertiary/aromatic N) is 2. The van der Waals surface area contributed by atoms with Crippen molar-refractivity contribution in [1.82, 2.24) is 9.38 Å². The fraction of sp³-hybridized carbons (Fsp3) is 0.0690. The monoisotopic (exact) mass is 398 g/mol. The molecule has 0 saturated carbocycles. The van der Waals surface area contributed by atoms with Gasteiger partial charge in [0.05, 0.1) is 11.0 Å². The molecule has 6 aromatic rings. The molecule has 2 nitrogen and oxygen atoms in total. The summed E-state index contributed by atoms with van der Waals surface area (Å²) in [6.07, 6.45) is 2.25. The van der Waals surface area contributed by atoms with Gasteiger partial charge in [0, 0.05) is 17.1 Å². The van der Waals surface area contributed by atoms with Crippen LogP contribution in [-0.4, -0.2) is 9.38 Å². The fourth-order valence-corrected chi connectivity index (χ4v) is 4.72. The molecule has 0 radical (unpaired) electrons. The number of fused-ring (bicyclic) bond motifs is 5.